The van der Waals surface area contributed by atoms with Crippen LogP contribution in [0.15, 0.2) is 6.20 Å². The van der Waals surface area contributed by atoms with Crippen LogP contribution in [0.4, 0.5) is 0 Å². The van der Waals surface area contributed by atoms with Crippen LogP contribution in [0.1, 0.15) is 42.2 Å². The van der Waals surface area contributed by atoms with Crippen molar-refractivity contribution in [1.29, 1.82) is 0 Å². The molecule has 1 saturated carbocycles. The first-order valence-electron chi connectivity index (χ1n) is 7.30. The summed E-state index contributed by atoms with van der Waals surface area (Å²) in [5, 5.41) is 10.2. The number of nitrogens with zero attached hydrogens (tertiary/aromatic N) is 2. The van der Waals surface area contributed by atoms with Crippen molar-refractivity contribution in [2.24, 2.45) is 7.05 Å². The Balaban J connectivity index is 1.77. The molecule has 1 heterocycles. The van der Waals surface area contributed by atoms with Crippen LogP contribution in [-0.4, -0.2) is 40.9 Å². The number of rotatable bonds is 8. The summed E-state index contributed by atoms with van der Waals surface area (Å²) in [6.07, 6.45) is 4.13. The number of hydrogen-bond donors (Lipinski definition) is 2. The van der Waals surface area contributed by atoms with Gasteiger partial charge in [-0.2, -0.15) is 5.10 Å². The van der Waals surface area contributed by atoms with Crippen molar-refractivity contribution in [3.05, 3.63) is 17.5 Å². The Kier molecular flexibility index (Phi) is 5.32. The first-order valence-corrected chi connectivity index (χ1v) is 7.30. The van der Waals surface area contributed by atoms with E-state index in [9.17, 15) is 9.59 Å². The molecule has 0 spiro atoms. The van der Waals surface area contributed by atoms with Crippen molar-refractivity contribution in [3.8, 4) is 0 Å². The Morgan fingerprint density at radius 2 is 2.24 bits per heavy atom. The molecule has 0 atom stereocenters. The van der Waals surface area contributed by atoms with Gasteiger partial charge in [0.25, 0.3) is 0 Å². The van der Waals surface area contributed by atoms with Crippen LogP contribution in [0.5, 0.6) is 0 Å². The fraction of sp³-hybridized carbons (Fsp3) is 0.643. The number of amides is 1. The lowest BCUT2D eigenvalue weighted by atomic mass is 10.2. The molecule has 1 fully saturated rings. The van der Waals surface area contributed by atoms with Crippen LogP contribution in [0, 0.1) is 0 Å². The van der Waals surface area contributed by atoms with Gasteiger partial charge in [-0.15, -0.1) is 0 Å². The van der Waals surface area contributed by atoms with Crippen LogP contribution in [0.2, 0.25) is 0 Å². The first-order chi connectivity index (χ1) is 10.1. The Labute approximate surface area is 124 Å². The van der Waals surface area contributed by atoms with E-state index >= 15 is 0 Å². The molecule has 0 radical (unpaired) electrons. The van der Waals surface area contributed by atoms with Crippen molar-refractivity contribution in [1.82, 2.24) is 20.4 Å². The summed E-state index contributed by atoms with van der Waals surface area (Å²) < 4.78 is 6.64. The molecule has 0 bridgehead atoms. The largest absolute Gasteiger partial charge is 0.462 e. The lowest BCUT2D eigenvalue weighted by Crippen LogP contribution is -2.29. The van der Waals surface area contributed by atoms with Gasteiger partial charge >= 0.3 is 5.97 Å². The quantitative estimate of drug-likeness (QED) is 0.534. The number of aryl methyl sites for hydroxylation is 1. The second-order valence-electron chi connectivity index (χ2n) is 5.12. The molecule has 1 aliphatic rings. The Morgan fingerprint density at radius 3 is 2.90 bits per heavy atom. The van der Waals surface area contributed by atoms with Gasteiger partial charge in [-0.05, 0) is 19.8 Å². The Morgan fingerprint density at radius 1 is 1.48 bits per heavy atom. The molecule has 0 saturated heterocycles. The predicted octanol–water partition coefficient (Wildman–Crippen LogP) is 0.355. The summed E-state index contributed by atoms with van der Waals surface area (Å²) in [7, 11) is 1.78. The molecule has 0 unspecified atom stereocenters. The van der Waals surface area contributed by atoms with Crippen molar-refractivity contribution in [3.63, 3.8) is 0 Å². The molecule has 2 rings (SSSR count). The smallest absolute Gasteiger partial charge is 0.341 e. The summed E-state index contributed by atoms with van der Waals surface area (Å²) >= 11 is 0. The van der Waals surface area contributed by atoms with Gasteiger partial charge in [0, 0.05) is 32.6 Å². The predicted molar refractivity (Wildman–Crippen MR) is 76.7 cm³/mol. The number of carbonyl (C=O) groups is 2. The highest BCUT2D eigenvalue weighted by atomic mass is 16.5. The minimum atomic E-state index is -0.367. The van der Waals surface area contributed by atoms with Gasteiger partial charge < -0.3 is 15.4 Å². The molecule has 116 valence electrons. The zero-order chi connectivity index (χ0) is 15.2. The lowest BCUT2D eigenvalue weighted by Gasteiger charge is -2.08. The number of ether oxygens (including phenoxy) is 1. The molecule has 1 aromatic rings. The molecular formula is C14H22N4O3. The minimum Gasteiger partial charge on any atom is -0.462 e. The van der Waals surface area contributed by atoms with Crippen molar-refractivity contribution in [2.45, 2.75) is 38.8 Å². The average molecular weight is 294 g/mol. The van der Waals surface area contributed by atoms with E-state index in [2.05, 4.69) is 15.7 Å². The standard InChI is InChI=1S/C14H22N4O3/c1-3-21-14(20)11-8-16-18(2)12(11)9-15-7-6-13(19)17-10-4-5-10/h8,10,15H,3-7,9H2,1-2H3,(H,17,19). The maximum absolute atomic E-state index is 11.8. The third-order valence-corrected chi connectivity index (χ3v) is 3.32. The summed E-state index contributed by atoms with van der Waals surface area (Å²) in [5.74, 6) is -0.297. The van der Waals surface area contributed by atoms with Crippen LogP contribution in [0.3, 0.4) is 0 Å². The highest BCUT2D eigenvalue weighted by molar-refractivity contribution is 5.90. The SMILES string of the molecule is CCOC(=O)c1cnn(C)c1CNCCC(=O)NC1CC1. The molecule has 21 heavy (non-hydrogen) atoms. The lowest BCUT2D eigenvalue weighted by molar-refractivity contribution is -0.121. The minimum absolute atomic E-state index is 0.0700. The van der Waals surface area contributed by atoms with E-state index in [1.54, 1.807) is 18.7 Å². The van der Waals surface area contributed by atoms with Gasteiger partial charge in [0.1, 0.15) is 5.56 Å². The summed E-state index contributed by atoms with van der Waals surface area (Å²) in [6, 6.07) is 0.394. The van der Waals surface area contributed by atoms with Gasteiger partial charge in [0.2, 0.25) is 5.91 Å². The third-order valence-electron chi connectivity index (χ3n) is 3.32. The van der Waals surface area contributed by atoms with Gasteiger partial charge in [-0.1, -0.05) is 0 Å². The number of carbonyl (C=O) groups excluding carboxylic acids is 2. The zero-order valence-electron chi connectivity index (χ0n) is 12.5. The third kappa shape index (κ3) is 4.56. The van der Waals surface area contributed by atoms with Crippen molar-refractivity contribution >= 4 is 11.9 Å². The first kappa shape index (κ1) is 15.5. The molecule has 1 amide bonds. The number of esters is 1. The van der Waals surface area contributed by atoms with Crippen molar-refractivity contribution in [2.75, 3.05) is 13.2 Å². The second-order valence-corrected chi connectivity index (χ2v) is 5.12. The molecule has 2 N–H and O–H groups in total. The van der Waals surface area contributed by atoms with Gasteiger partial charge in [-0.25, -0.2) is 4.79 Å². The maximum atomic E-state index is 11.8. The van der Waals surface area contributed by atoms with E-state index < -0.39 is 0 Å². The molecule has 7 heteroatoms. The highest BCUT2D eigenvalue weighted by Crippen LogP contribution is 2.18. The molecule has 1 aliphatic carbocycles. The van der Waals surface area contributed by atoms with Crippen LogP contribution in [-0.2, 0) is 23.1 Å². The average Bonchev–Trinajstić information content (AvgIpc) is 3.17. The van der Waals surface area contributed by atoms with E-state index in [1.807, 2.05) is 0 Å². The van der Waals surface area contributed by atoms with E-state index in [-0.39, 0.29) is 11.9 Å². The second kappa shape index (κ2) is 7.21. The van der Waals surface area contributed by atoms with E-state index in [4.69, 9.17) is 4.74 Å². The van der Waals surface area contributed by atoms with Crippen LogP contribution in [0.25, 0.3) is 0 Å². The molecule has 0 aliphatic heterocycles. The molecule has 1 aromatic heterocycles. The van der Waals surface area contributed by atoms with Gasteiger partial charge in [-0.3, -0.25) is 9.48 Å². The summed E-state index contributed by atoms with van der Waals surface area (Å²) in [5.41, 5.74) is 1.23. The molecule has 0 aromatic carbocycles. The van der Waals surface area contributed by atoms with E-state index in [0.717, 1.165) is 18.5 Å². The van der Waals surface area contributed by atoms with Crippen LogP contribution < -0.4 is 10.6 Å². The number of hydrogen-bond acceptors (Lipinski definition) is 5. The van der Waals surface area contributed by atoms with E-state index in [1.165, 1.54) is 6.20 Å². The fourth-order valence-corrected chi connectivity index (χ4v) is 1.99. The Hall–Kier alpha value is -1.89. The normalized spacial score (nSPS) is 14.0. The van der Waals surface area contributed by atoms with Crippen molar-refractivity contribution < 1.29 is 14.3 Å². The molecule has 7 nitrogen and oxygen atoms in total. The number of nitrogens with one attached hydrogen (secondary N) is 2. The van der Waals surface area contributed by atoms with Crippen LogP contribution >= 0.6 is 0 Å². The molecular weight excluding hydrogens is 272 g/mol. The maximum Gasteiger partial charge on any atom is 0.341 e. The fourth-order valence-electron chi connectivity index (χ4n) is 1.99. The monoisotopic (exact) mass is 294 g/mol. The summed E-state index contributed by atoms with van der Waals surface area (Å²) in [6.45, 7) is 3.14. The highest BCUT2D eigenvalue weighted by Gasteiger charge is 2.22. The zero-order valence-corrected chi connectivity index (χ0v) is 12.5. The number of aromatic nitrogens is 2. The Bertz CT molecular complexity index is 508. The van der Waals surface area contributed by atoms with Gasteiger partial charge in [0.05, 0.1) is 18.5 Å². The van der Waals surface area contributed by atoms with E-state index in [0.29, 0.717) is 37.7 Å². The topological polar surface area (TPSA) is 85.2 Å². The summed E-state index contributed by atoms with van der Waals surface area (Å²) in [4.78, 5) is 23.3. The van der Waals surface area contributed by atoms with Gasteiger partial charge in [0.15, 0.2) is 0 Å².